The van der Waals surface area contributed by atoms with Gasteiger partial charge in [0.15, 0.2) is 6.10 Å². The lowest BCUT2D eigenvalue weighted by Gasteiger charge is -2.26. The fraction of sp³-hybridized carbons (Fsp3) is 0.562. The van der Waals surface area contributed by atoms with Gasteiger partial charge in [0, 0.05) is 26.1 Å². The third-order valence-corrected chi connectivity index (χ3v) is 4.56. The second-order valence-corrected chi connectivity index (χ2v) is 5.95. The van der Waals surface area contributed by atoms with Crippen LogP contribution in [0.4, 0.5) is 0 Å². The Balaban J connectivity index is 0.00000161. The molecule has 1 amide bonds. The molecule has 2 aliphatic rings. The normalized spacial score (nSPS) is 23.2. The molecule has 2 heterocycles. The molecule has 21 heavy (non-hydrogen) atoms. The smallest absolute Gasteiger partial charge is 0.264 e. The van der Waals surface area contributed by atoms with Crippen molar-refractivity contribution in [2.75, 3.05) is 20.1 Å². The van der Waals surface area contributed by atoms with Crippen LogP contribution in [-0.2, 0) is 11.2 Å². The highest BCUT2D eigenvalue weighted by Gasteiger charge is 2.34. The van der Waals surface area contributed by atoms with Gasteiger partial charge in [-0.05, 0) is 49.6 Å². The number of amides is 1. The molecule has 2 unspecified atom stereocenters. The lowest BCUT2D eigenvalue weighted by atomic mass is 10.0. The molecule has 0 saturated carbocycles. The number of hydrogen-bond donors (Lipinski definition) is 1. The van der Waals surface area contributed by atoms with Gasteiger partial charge in [-0.15, -0.1) is 12.4 Å². The number of fused-ring (bicyclic) bond motifs is 1. The fourth-order valence-electron chi connectivity index (χ4n) is 3.03. The standard InChI is InChI=1S/C16H22N2O2.ClH/c1-10-6-12-8-15(20-14(12)7-11(10)2)16(19)18(3)13-4-5-17-9-13;/h6-7,13,15,17H,4-5,8-9H2,1-3H3;1H. The van der Waals surface area contributed by atoms with E-state index in [4.69, 9.17) is 4.74 Å². The lowest BCUT2D eigenvalue weighted by molar-refractivity contribution is -0.138. The monoisotopic (exact) mass is 310 g/mol. The van der Waals surface area contributed by atoms with Gasteiger partial charge in [-0.2, -0.15) is 0 Å². The number of carbonyl (C=O) groups excluding carboxylic acids is 1. The Morgan fingerprint density at radius 3 is 2.71 bits per heavy atom. The number of benzene rings is 1. The Kier molecular flexibility index (Phi) is 4.79. The predicted octanol–water partition coefficient (Wildman–Crippen LogP) is 1.85. The first kappa shape index (κ1) is 16.1. The number of nitrogens with zero attached hydrogens (tertiary/aromatic N) is 1. The quantitative estimate of drug-likeness (QED) is 0.906. The molecule has 3 rings (SSSR count). The highest BCUT2D eigenvalue weighted by molar-refractivity contribution is 5.85. The number of nitrogens with one attached hydrogen (secondary N) is 1. The van der Waals surface area contributed by atoms with Crippen LogP contribution in [0.15, 0.2) is 12.1 Å². The van der Waals surface area contributed by atoms with E-state index in [-0.39, 0.29) is 24.4 Å². The Morgan fingerprint density at radius 2 is 2.05 bits per heavy atom. The van der Waals surface area contributed by atoms with Gasteiger partial charge in [0.25, 0.3) is 5.91 Å². The van der Waals surface area contributed by atoms with Gasteiger partial charge in [0.1, 0.15) is 5.75 Å². The Morgan fingerprint density at radius 1 is 1.33 bits per heavy atom. The first-order valence-electron chi connectivity index (χ1n) is 7.30. The van der Waals surface area contributed by atoms with Crippen molar-refractivity contribution in [3.63, 3.8) is 0 Å². The molecule has 2 aliphatic heterocycles. The number of rotatable bonds is 2. The minimum atomic E-state index is -0.350. The average Bonchev–Trinajstić information content (AvgIpc) is 3.06. The summed E-state index contributed by atoms with van der Waals surface area (Å²) >= 11 is 0. The maximum absolute atomic E-state index is 12.5. The average molecular weight is 311 g/mol. The summed E-state index contributed by atoms with van der Waals surface area (Å²) in [5.41, 5.74) is 3.63. The van der Waals surface area contributed by atoms with Crippen LogP contribution in [0.5, 0.6) is 5.75 Å². The van der Waals surface area contributed by atoms with Crippen molar-refractivity contribution < 1.29 is 9.53 Å². The van der Waals surface area contributed by atoms with Gasteiger partial charge in [0.2, 0.25) is 0 Å². The van der Waals surface area contributed by atoms with Crippen molar-refractivity contribution in [2.45, 2.75) is 38.8 Å². The minimum absolute atomic E-state index is 0. The third-order valence-electron chi connectivity index (χ3n) is 4.56. The Hall–Kier alpha value is -1.26. The van der Waals surface area contributed by atoms with Crippen LogP contribution in [0.1, 0.15) is 23.1 Å². The molecule has 1 saturated heterocycles. The number of ether oxygens (including phenoxy) is 1. The molecule has 2 atom stereocenters. The molecule has 0 radical (unpaired) electrons. The Labute approximate surface area is 132 Å². The zero-order chi connectivity index (χ0) is 14.3. The van der Waals surface area contributed by atoms with Crippen LogP contribution in [0.2, 0.25) is 0 Å². The van der Waals surface area contributed by atoms with Crippen LogP contribution in [-0.4, -0.2) is 43.1 Å². The van der Waals surface area contributed by atoms with E-state index >= 15 is 0 Å². The zero-order valence-corrected chi connectivity index (χ0v) is 13.6. The van der Waals surface area contributed by atoms with Crippen LogP contribution in [0, 0.1) is 13.8 Å². The van der Waals surface area contributed by atoms with E-state index in [9.17, 15) is 4.79 Å². The second kappa shape index (κ2) is 6.24. The lowest BCUT2D eigenvalue weighted by Crippen LogP contribution is -2.45. The summed E-state index contributed by atoms with van der Waals surface area (Å²) in [5.74, 6) is 0.981. The molecule has 5 heteroatoms. The molecule has 1 fully saturated rings. The van der Waals surface area contributed by atoms with E-state index in [0.29, 0.717) is 12.5 Å². The topological polar surface area (TPSA) is 41.6 Å². The van der Waals surface area contributed by atoms with Gasteiger partial charge < -0.3 is 15.0 Å². The van der Waals surface area contributed by atoms with E-state index in [1.807, 2.05) is 11.9 Å². The molecule has 1 N–H and O–H groups in total. The SMILES string of the molecule is Cc1cc2c(cc1C)OC(C(=O)N(C)C1CCNC1)C2.Cl. The summed E-state index contributed by atoms with van der Waals surface area (Å²) in [6, 6.07) is 4.50. The number of halogens is 1. The van der Waals surface area contributed by atoms with Crippen molar-refractivity contribution >= 4 is 18.3 Å². The van der Waals surface area contributed by atoms with Crippen LogP contribution in [0.25, 0.3) is 0 Å². The van der Waals surface area contributed by atoms with E-state index in [2.05, 4.69) is 31.3 Å². The molecular formula is C16H23ClN2O2. The van der Waals surface area contributed by atoms with Crippen LogP contribution in [0.3, 0.4) is 0 Å². The van der Waals surface area contributed by atoms with Crippen molar-refractivity contribution in [3.05, 3.63) is 28.8 Å². The van der Waals surface area contributed by atoms with Gasteiger partial charge in [-0.1, -0.05) is 6.07 Å². The first-order valence-corrected chi connectivity index (χ1v) is 7.30. The van der Waals surface area contributed by atoms with Crippen molar-refractivity contribution in [3.8, 4) is 5.75 Å². The largest absolute Gasteiger partial charge is 0.480 e. The summed E-state index contributed by atoms with van der Waals surface area (Å²) < 4.78 is 5.87. The fourth-order valence-corrected chi connectivity index (χ4v) is 3.03. The Bertz CT molecular complexity index is 510. The third kappa shape index (κ3) is 3.01. The predicted molar refractivity (Wildman–Crippen MR) is 85.3 cm³/mol. The summed E-state index contributed by atoms with van der Waals surface area (Å²) in [5, 5.41) is 3.30. The summed E-state index contributed by atoms with van der Waals surface area (Å²) in [6.45, 7) is 6.05. The molecule has 4 nitrogen and oxygen atoms in total. The highest BCUT2D eigenvalue weighted by atomic mass is 35.5. The number of likely N-dealkylation sites (N-methyl/N-ethyl adjacent to an activating group) is 1. The van der Waals surface area contributed by atoms with E-state index in [1.165, 1.54) is 11.1 Å². The number of aryl methyl sites for hydroxylation is 2. The highest BCUT2D eigenvalue weighted by Crippen LogP contribution is 2.32. The van der Waals surface area contributed by atoms with Crippen molar-refractivity contribution in [1.29, 1.82) is 0 Å². The van der Waals surface area contributed by atoms with E-state index in [1.54, 1.807) is 0 Å². The van der Waals surface area contributed by atoms with Gasteiger partial charge in [0.05, 0.1) is 0 Å². The molecule has 0 bridgehead atoms. The molecule has 1 aromatic carbocycles. The first-order chi connectivity index (χ1) is 9.56. The molecule has 0 spiro atoms. The number of hydrogen-bond acceptors (Lipinski definition) is 3. The van der Waals surface area contributed by atoms with Crippen LogP contribution >= 0.6 is 12.4 Å². The minimum Gasteiger partial charge on any atom is -0.480 e. The van der Waals surface area contributed by atoms with E-state index in [0.717, 1.165) is 30.8 Å². The van der Waals surface area contributed by atoms with Gasteiger partial charge in [-0.25, -0.2) is 0 Å². The van der Waals surface area contributed by atoms with Crippen molar-refractivity contribution in [2.24, 2.45) is 0 Å². The number of carbonyl (C=O) groups is 1. The zero-order valence-electron chi connectivity index (χ0n) is 12.8. The molecule has 116 valence electrons. The molecule has 0 aromatic heterocycles. The maximum atomic E-state index is 12.5. The van der Waals surface area contributed by atoms with E-state index < -0.39 is 0 Å². The van der Waals surface area contributed by atoms with Gasteiger partial charge in [-0.3, -0.25) is 4.79 Å². The molecule has 0 aliphatic carbocycles. The van der Waals surface area contributed by atoms with Crippen LogP contribution < -0.4 is 10.1 Å². The van der Waals surface area contributed by atoms with Gasteiger partial charge >= 0.3 is 0 Å². The van der Waals surface area contributed by atoms with Crippen molar-refractivity contribution in [1.82, 2.24) is 10.2 Å². The molecular weight excluding hydrogens is 288 g/mol. The maximum Gasteiger partial charge on any atom is 0.264 e. The summed E-state index contributed by atoms with van der Waals surface area (Å²) in [4.78, 5) is 14.4. The summed E-state index contributed by atoms with van der Waals surface area (Å²) in [7, 11) is 1.89. The molecule has 1 aromatic rings. The second-order valence-electron chi connectivity index (χ2n) is 5.95. The summed E-state index contributed by atoms with van der Waals surface area (Å²) in [6.07, 6.45) is 1.37.